The first-order chi connectivity index (χ1) is 13.0. The molecule has 0 bridgehead atoms. The Kier molecular flexibility index (Phi) is 4.89. The normalized spacial score (nSPS) is 27.9. The van der Waals surface area contributed by atoms with Crippen molar-refractivity contribution in [1.29, 1.82) is 0 Å². The predicted octanol–water partition coefficient (Wildman–Crippen LogP) is 5.75. The maximum atomic E-state index is 13.3. The van der Waals surface area contributed by atoms with Crippen LogP contribution in [0.5, 0.6) is 0 Å². The summed E-state index contributed by atoms with van der Waals surface area (Å²) in [6.07, 6.45) is -0.849. The average Bonchev–Trinajstić information content (AvgIpc) is 2.90. The molecule has 2 aromatic rings. The molecular weight excluding hydrogens is 351 g/mol. The Balaban J connectivity index is 1.77. The van der Waals surface area contributed by atoms with Crippen molar-refractivity contribution in [3.8, 4) is 0 Å². The molecular formula is C22H24F3NO. The lowest BCUT2D eigenvalue weighted by Crippen LogP contribution is -2.31. The number of nitrogens with one attached hydrogen (secondary N) is 1. The van der Waals surface area contributed by atoms with E-state index < -0.39 is 11.7 Å². The highest BCUT2D eigenvalue weighted by molar-refractivity contribution is 5.59. The van der Waals surface area contributed by atoms with E-state index in [0.717, 1.165) is 36.9 Å². The van der Waals surface area contributed by atoms with Gasteiger partial charge in [-0.1, -0.05) is 30.3 Å². The van der Waals surface area contributed by atoms with Gasteiger partial charge in [0.05, 0.1) is 11.6 Å². The van der Waals surface area contributed by atoms with Crippen LogP contribution in [0.4, 0.5) is 18.9 Å². The maximum Gasteiger partial charge on any atom is 0.416 e. The highest BCUT2D eigenvalue weighted by Gasteiger charge is 2.40. The van der Waals surface area contributed by atoms with E-state index in [-0.39, 0.29) is 30.4 Å². The Bertz CT molecular complexity index is 790. The van der Waals surface area contributed by atoms with E-state index >= 15 is 0 Å². The monoisotopic (exact) mass is 375 g/mol. The van der Waals surface area contributed by atoms with Gasteiger partial charge in [-0.15, -0.1) is 0 Å². The standard InChI is InChI=1S/C22H24F3NO/c23-22(24,25)16-8-11-20-19(12-16)17-9-6-14(13-27)7-10-18(17)21(26-20)15-4-2-1-3-5-15/h1-5,8,11-12,14,17-18,21,26-27H,6-7,9-10,13H2/t14-,17?,18-,21+/m1/s1. The van der Waals surface area contributed by atoms with Crippen molar-refractivity contribution in [1.82, 2.24) is 0 Å². The molecule has 2 N–H and O–H groups in total. The van der Waals surface area contributed by atoms with Crippen molar-refractivity contribution in [2.75, 3.05) is 11.9 Å². The predicted molar refractivity (Wildman–Crippen MR) is 99.5 cm³/mol. The molecule has 144 valence electrons. The molecule has 1 fully saturated rings. The van der Waals surface area contributed by atoms with Crippen LogP contribution in [0.3, 0.4) is 0 Å². The van der Waals surface area contributed by atoms with Crippen molar-refractivity contribution in [3.05, 3.63) is 65.2 Å². The summed E-state index contributed by atoms with van der Waals surface area (Å²) in [5.74, 6) is 0.534. The molecule has 4 rings (SSSR count). The summed E-state index contributed by atoms with van der Waals surface area (Å²) in [5, 5.41) is 13.1. The zero-order valence-electron chi connectivity index (χ0n) is 15.0. The SMILES string of the molecule is OC[C@@H]1CCC2c3cc(C(F)(F)F)ccc3N[C@@H](c3ccccc3)[C@@H]2CC1. The molecule has 1 aliphatic carbocycles. The van der Waals surface area contributed by atoms with Crippen molar-refractivity contribution in [2.45, 2.75) is 43.8 Å². The van der Waals surface area contributed by atoms with E-state index in [0.29, 0.717) is 0 Å². The van der Waals surface area contributed by atoms with Gasteiger partial charge in [-0.05, 0) is 72.8 Å². The van der Waals surface area contributed by atoms with Gasteiger partial charge in [0, 0.05) is 12.3 Å². The third-order valence-corrected chi connectivity index (χ3v) is 6.25. The van der Waals surface area contributed by atoms with E-state index in [4.69, 9.17) is 0 Å². The summed E-state index contributed by atoms with van der Waals surface area (Å²) in [6, 6.07) is 14.3. The van der Waals surface area contributed by atoms with Gasteiger partial charge in [-0.3, -0.25) is 0 Å². The van der Waals surface area contributed by atoms with Crippen molar-refractivity contribution in [3.63, 3.8) is 0 Å². The van der Waals surface area contributed by atoms with Crippen molar-refractivity contribution < 1.29 is 18.3 Å². The van der Waals surface area contributed by atoms with E-state index in [1.54, 1.807) is 6.07 Å². The van der Waals surface area contributed by atoms with Crippen LogP contribution in [0.15, 0.2) is 48.5 Å². The summed E-state index contributed by atoms with van der Waals surface area (Å²) in [4.78, 5) is 0. The first kappa shape index (κ1) is 18.4. The fourth-order valence-corrected chi connectivity index (χ4v) is 4.81. The second kappa shape index (κ2) is 7.19. The highest BCUT2D eigenvalue weighted by atomic mass is 19.4. The second-order valence-electron chi connectivity index (χ2n) is 7.81. The topological polar surface area (TPSA) is 32.3 Å². The van der Waals surface area contributed by atoms with E-state index in [2.05, 4.69) is 17.4 Å². The number of benzene rings is 2. The van der Waals surface area contributed by atoms with Crippen molar-refractivity contribution in [2.24, 2.45) is 11.8 Å². The summed E-state index contributed by atoms with van der Waals surface area (Å²) >= 11 is 0. The van der Waals surface area contributed by atoms with Crippen LogP contribution in [-0.2, 0) is 6.18 Å². The first-order valence-electron chi connectivity index (χ1n) is 9.61. The Hall–Kier alpha value is -2.01. The molecule has 0 aromatic heterocycles. The third kappa shape index (κ3) is 3.57. The van der Waals surface area contributed by atoms with Gasteiger partial charge in [0.2, 0.25) is 0 Å². The van der Waals surface area contributed by atoms with Crippen LogP contribution >= 0.6 is 0 Å². The molecule has 0 amide bonds. The molecule has 0 spiro atoms. The number of aliphatic hydroxyl groups is 1. The number of rotatable bonds is 2. The van der Waals surface area contributed by atoms with E-state index in [9.17, 15) is 18.3 Å². The summed E-state index contributed by atoms with van der Waals surface area (Å²) in [6.45, 7) is 0.151. The van der Waals surface area contributed by atoms with E-state index in [1.807, 2.05) is 18.2 Å². The van der Waals surface area contributed by atoms with Gasteiger partial charge in [0.1, 0.15) is 0 Å². The minimum absolute atomic E-state index is 0.0744. The van der Waals surface area contributed by atoms with Gasteiger partial charge in [-0.2, -0.15) is 13.2 Å². The van der Waals surface area contributed by atoms with Crippen LogP contribution in [0, 0.1) is 11.8 Å². The molecule has 0 saturated heterocycles. The fourth-order valence-electron chi connectivity index (χ4n) is 4.81. The maximum absolute atomic E-state index is 13.3. The van der Waals surface area contributed by atoms with E-state index in [1.165, 1.54) is 17.7 Å². The molecule has 1 aliphatic heterocycles. The molecule has 0 radical (unpaired) electrons. The number of hydrogen-bond donors (Lipinski definition) is 2. The second-order valence-corrected chi connectivity index (χ2v) is 7.81. The number of alkyl halides is 3. The van der Waals surface area contributed by atoms with Crippen LogP contribution in [0.1, 0.15) is 54.3 Å². The molecule has 27 heavy (non-hydrogen) atoms. The Labute approximate surface area is 157 Å². The molecule has 2 nitrogen and oxygen atoms in total. The fraction of sp³-hybridized carbons (Fsp3) is 0.455. The number of aliphatic hydroxyl groups excluding tert-OH is 1. The number of halogens is 3. The van der Waals surface area contributed by atoms with Gasteiger partial charge < -0.3 is 10.4 Å². The lowest BCUT2D eigenvalue weighted by Gasteiger charge is -2.41. The summed E-state index contributed by atoms with van der Waals surface area (Å²) < 4.78 is 39.8. The molecule has 2 aliphatic rings. The molecule has 1 heterocycles. The Morgan fingerprint density at radius 3 is 2.41 bits per heavy atom. The van der Waals surface area contributed by atoms with Gasteiger partial charge in [0.25, 0.3) is 0 Å². The quantitative estimate of drug-likeness (QED) is 0.700. The van der Waals surface area contributed by atoms with Crippen LogP contribution in [0.25, 0.3) is 0 Å². The van der Waals surface area contributed by atoms with Gasteiger partial charge in [-0.25, -0.2) is 0 Å². The summed E-state index contributed by atoms with van der Waals surface area (Å²) in [7, 11) is 0. The van der Waals surface area contributed by atoms with Crippen LogP contribution in [-0.4, -0.2) is 11.7 Å². The molecule has 1 saturated carbocycles. The zero-order chi connectivity index (χ0) is 19.0. The molecule has 2 aromatic carbocycles. The average molecular weight is 375 g/mol. The van der Waals surface area contributed by atoms with Crippen LogP contribution < -0.4 is 5.32 Å². The lowest BCUT2D eigenvalue weighted by atomic mass is 9.72. The minimum Gasteiger partial charge on any atom is -0.396 e. The van der Waals surface area contributed by atoms with Crippen LogP contribution in [0.2, 0.25) is 0 Å². The number of hydrogen-bond acceptors (Lipinski definition) is 2. The molecule has 1 unspecified atom stereocenters. The minimum atomic E-state index is -4.33. The Morgan fingerprint density at radius 2 is 1.70 bits per heavy atom. The number of anilines is 1. The molecule has 4 atom stereocenters. The largest absolute Gasteiger partial charge is 0.416 e. The lowest BCUT2D eigenvalue weighted by molar-refractivity contribution is -0.137. The zero-order valence-corrected chi connectivity index (χ0v) is 15.0. The van der Waals surface area contributed by atoms with Crippen molar-refractivity contribution >= 4 is 5.69 Å². The van der Waals surface area contributed by atoms with Gasteiger partial charge >= 0.3 is 6.18 Å². The molecule has 5 heteroatoms. The summed E-state index contributed by atoms with van der Waals surface area (Å²) in [5.41, 5.74) is 2.17. The van der Waals surface area contributed by atoms with Gasteiger partial charge in [0.15, 0.2) is 0 Å². The third-order valence-electron chi connectivity index (χ3n) is 6.25. The highest BCUT2D eigenvalue weighted by Crippen LogP contribution is 2.51. The first-order valence-corrected chi connectivity index (χ1v) is 9.61. The smallest absolute Gasteiger partial charge is 0.396 e. The Morgan fingerprint density at radius 1 is 0.963 bits per heavy atom. The number of fused-ring (bicyclic) bond motifs is 3.